The third-order valence-corrected chi connectivity index (χ3v) is 7.47. The van der Waals surface area contributed by atoms with Crippen molar-refractivity contribution in [2.24, 2.45) is 5.92 Å². The fraction of sp³-hybridized carbons (Fsp3) is 0.273. The van der Waals surface area contributed by atoms with E-state index in [1.54, 1.807) is 11.0 Å². The molecule has 7 heteroatoms. The third-order valence-electron chi connectivity index (χ3n) is 7.47. The molecule has 1 amide bonds. The number of amides is 1. The molecule has 0 unspecified atom stereocenters. The van der Waals surface area contributed by atoms with Gasteiger partial charge in [0.2, 0.25) is 5.91 Å². The Morgan fingerprint density at radius 1 is 0.925 bits per heavy atom. The number of rotatable bonds is 8. The molecule has 1 N–H and O–H groups in total. The molecule has 1 saturated carbocycles. The van der Waals surface area contributed by atoms with Crippen LogP contribution in [0, 0.1) is 5.92 Å². The average Bonchev–Trinajstić information content (AvgIpc) is 2.99. The summed E-state index contributed by atoms with van der Waals surface area (Å²) >= 11 is 0. The minimum atomic E-state index is -1.02. The molecule has 0 atom stereocenters. The molecule has 2 aromatic carbocycles. The number of aromatic nitrogens is 2. The Bertz CT molecular complexity index is 1520. The lowest BCUT2D eigenvalue weighted by molar-refractivity contribution is -0.131. The van der Waals surface area contributed by atoms with Crippen LogP contribution in [0.15, 0.2) is 79.0 Å². The summed E-state index contributed by atoms with van der Waals surface area (Å²) in [5.74, 6) is 0.442. The van der Waals surface area contributed by atoms with Crippen molar-refractivity contribution in [2.45, 2.75) is 38.6 Å². The molecule has 0 radical (unpaired) electrons. The topological polar surface area (TPSA) is 86.6 Å². The minimum Gasteiger partial charge on any atom is -0.478 e. The number of carboxylic acid groups (broad SMARTS) is 1. The summed E-state index contributed by atoms with van der Waals surface area (Å²) in [4.78, 5) is 38.4. The van der Waals surface area contributed by atoms with E-state index < -0.39 is 5.97 Å². The number of benzene rings is 2. The number of carbonyl (C=O) groups excluding carboxylic acids is 1. The zero-order valence-corrected chi connectivity index (χ0v) is 23.0. The number of carbonyl (C=O) groups is 2. The van der Waals surface area contributed by atoms with Gasteiger partial charge in [0.05, 0.1) is 12.1 Å². The maximum atomic E-state index is 14.0. The van der Waals surface area contributed by atoms with E-state index in [0.29, 0.717) is 17.9 Å². The SMILES string of the molecule is CN(C)c1ccc(-c2ccc(CN(C(=O)C3CCCCC3)c3cc(C=CC(=O)O)c4ccccc4n3)cc2)cn1. The van der Waals surface area contributed by atoms with E-state index in [9.17, 15) is 14.7 Å². The van der Waals surface area contributed by atoms with Crippen LogP contribution in [0.2, 0.25) is 0 Å². The number of aliphatic carboxylic acids is 1. The molecule has 40 heavy (non-hydrogen) atoms. The summed E-state index contributed by atoms with van der Waals surface area (Å²) < 4.78 is 0. The molecule has 0 spiro atoms. The smallest absolute Gasteiger partial charge is 0.328 e. The van der Waals surface area contributed by atoms with Crippen molar-refractivity contribution in [3.63, 3.8) is 0 Å². The molecule has 1 aliphatic rings. The molecule has 1 fully saturated rings. The number of anilines is 2. The Hall–Kier alpha value is -4.52. The van der Waals surface area contributed by atoms with E-state index in [2.05, 4.69) is 23.2 Å². The van der Waals surface area contributed by atoms with Gasteiger partial charge in [-0.05, 0) is 59.9 Å². The van der Waals surface area contributed by atoms with Crippen LogP contribution >= 0.6 is 0 Å². The summed E-state index contributed by atoms with van der Waals surface area (Å²) in [6.07, 6.45) is 9.59. The van der Waals surface area contributed by atoms with Crippen LogP contribution in [0.4, 0.5) is 11.6 Å². The summed E-state index contributed by atoms with van der Waals surface area (Å²) in [5, 5.41) is 10.1. The zero-order chi connectivity index (χ0) is 28.1. The Morgan fingerprint density at radius 3 is 2.33 bits per heavy atom. The molecular weight excluding hydrogens is 500 g/mol. The first-order chi connectivity index (χ1) is 19.4. The van der Waals surface area contributed by atoms with Gasteiger partial charge in [0.15, 0.2) is 0 Å². The van der Waals surface area contributed by atoms with Gasteiger partial charge < -0.3 is 10.0 Å². The fourth-order valence-electron chi connectivity index (χ4n) is 5.27. The number of para-hydroxylation sites is 1. The molecule has 2 aromatic heterocycles. The standard InChI is InChI=1S/C33H34N4O3/c1-36(2)30-18-16-27(21-34-30)24-14-12-23(13-15-24)22-37(33(40)25-8-4-3-5-9-25)31-20-26(17-19-32(38)39)28-10-6-7-11-29(28)35-31/h6-7,10-21,25H,3-5,8-9,22H2,1-2H3,(H,38,39). The molecule has 0 aliphatic heterocycles. The predicted octanol–water partition coefficient (Wildman–Crippen LogP) is 6.57. The summed E-state index contributed by atoms with van der Waals surface area (Å²) in [7, 11) is 3.93. The molecule has 5 rings (SSSR count). The number of hydrogen-bond acceptors (Lipinski definition) is 5. The lowest BCUT2D eigenvalue weighted by atomic mass is 9.88. The molecular formula is C33H34N4O3. The van der Waals surface area contributed by atoms with Crippen molar-refractivity contribution in [2.75, 3.05) is 23.9 Å². The summed E-state index contributed by atoms with van der Waals surface area (Å²) in [6.45, 7) is 0.376. The first-order valence-electron chi connectivity index (χ1n) is 13.7. The second kappa shape index (κ2) is 12.1. The average molecular weight is 535 g/mol. The maximum absolute atomic E-state index is 14.0. The van der Waals surface area contributed by atoms with E-state index in [4.69, 9.17) is 4.98 Å². The van der Waals surface area contributed by atoms with E-state index in [0.717, 1.165) is 71.6 Å². The minimum absolute atomic E-state index is 0.0411. The Labute approximate surface area is 234 Å². The first kappa shape index (κ1) is 27.1. The molecule has 2 heterocycles. The number of nitrogens with zero attached hydrogens (tertiary/aromatic N) is 4. The monoisotopic (exact) mass is 534 g/mol. The molecule has 7 nitrogen and oxygen atoms in total. The lowest BCUT2D eigenvalue weighted by Gasteiger charge is -2.29. The van der Waals surface area contributed by atoms with Crippen LogP contribution in [-0.2, 0) is 16.1 Å². The van der Waals surface area contributed by atoms with E-state index in [1.807, 2.05) is 73.7 Å². The van der Waals surface area contributed by atoms with Crippen LogP contribution in [0.1, 0.15) is 43.2 Å². The van der Waals surface area contributed by atoms with Crippen molar-refractivity contribution in [1.29, 1.82) is 0 Å². The van der Waals surface area contributed by atoms with E-state index in [-0.39, 0.29) is 11.8 Å². The Morgan fingerprint density at radius 2 is 1.65 bits per heavy atom. The van der Waals surface area contributed by atoms with Crippen LogP contribution in [-0.4, -0.2) is 41.0 Å². The molecule has 0 bridgehead atoms. The van der Waals surface area contributed by atoms with Gasteiger partial charge >= 0.3 is 5.97 Å². The van der Waals surface area contributed by atoms with Gasteiger partial charge in [-0.2, -0.15) is 0 Å². The van der Waals surface area contributed by atoms with Crippen molar-refractivity contribution in [1.82, 2.24) is 9.97 Å². The second-order valence-electron chi connectivity index (χ2n) is 10.5. The van der Waals surface area contributed by atoms with E-state index >= 15 is 0 Å². The molecule has 1 aliphatic carbocycles. The molecule has 0 saturated heterocycles. The molecule has 4 aromatic rings. The Kier molecular flexibility index (Phi) is 8.20. The first-order valence-corrected chi connectivity index (χ1v) is 13.7. The normalized spacial score (nSPS) is 13.9. The molecule has 204 valence electrons. The van der Waals surface area contributed by atoms with Crippen molar-refractivity contribution in [3.05, 3.63) is 90.1 Å². The van der Waals surface area contributed by atoms with Gasteiger partial charge in [0.25, 0.3) is 0 Å². The van der Waals surface area contributed by atoms with Crippen LogP contribution in [0.5, 0.6) is 0 Å². The van der Waals surface area contributed by atoms with Gasteiger partial charge in [0.1, 0.15) is 11.6 Å². The lowest BCUT2D eigenvalue weighted by Crippen LogP contribution is -2.37. The van der Waals surface area contributed by atoms with Crippen LogP contribution in [0.3, 0.4) is 0 Å². The zero-order valence-electron chi connectivity index (χ0n) is 23.0. The number of hydrogen-bond donors (Lipinski definition) is 1. The van der Waals surface area contributed by atoms with Gasteiger partial charge in [-0.3, -0.25) is 9.69 Å². The highest BCUT2D eigenvalue weighted by Gasteiger charge is 2.28. The number of fused-ring (bicyclic) bond motifs is 1. The van der Waals surface area contributed by atoms with Crippen molar-refractivity contribution in [3.8, 4) is 11.1 Å². The highest BCUT2D eigenvalue weighted by Crippen LogP contribution is 2.31. The van der Waals surface area contributed by atoms with Crippen LogP contribution in [0.25, 0.3) is 28.1 Å². The van der Waals surface area contributed by atoms with Gasteiger partial charge in [0, 0.05) is 43.2 Å². The number of carboxylic acids is 1. The Balaban J connectivity index is 1.49. The maximum Gasteiger partial charge on any atom is 0.328 e. The fourth-order valence-corrected chi connectivity index (χ4v) is 5.27. The number of pyridine rings is 2. The summed E-state index contributed by atoms with van der Waals surface area (Å²) in [5.41, 5.74) is 4.50. The highest BCUT2D eigenvalue weighted by atomic mass is 16.4. The van der Waals surface area contributed by atoms with Gasteiger partial charge in [-0.25, -0.2) is 14.8 Å². The highest BCUT2D eigenvalue weighted by molar-refractivity contribution is 5.98. The predicted molar refractivity (Wildman–Crippen MR) is 160 cm³/mol. The quantitative estimate of drug-likeness (QED) is 0.257. The van der Waals surface area contributed by atoms with Crippen molar-refractivity contribution >= 4 is 40.5 Å². The van der Waals surface area contributed by atoms with E-state index in [1.165, 1.54) is 0 Å². The second-order valence-corrected chi connectivity index (χ2v) is 10.5. The van der Waals surface area contributed by atoms with Gasteiger partial charge in [-0.1, -0.05) is 61.7 Å². The van der Waals surface area contributed by atoms with Crippen LogP contribution < -0.4 is 9.80 Å². The largest absolute Gasteiger partial charge is 0.478 e. The van der Waals surface area contributed by atoms with Gasteiger partial charge in [-0.15, -0.1) is 0 Å². The summed E-state index contributed by atoms with van der Waals surface area (Å²) in [6, 6.07) is 21.7. The van der Waals surface area contributed by atoms with Crippen molar-refractivity contribution < 1.29 is 14.7 Å². The third kappa shape index (κ3) is 6.20.